The van der Waals surface area contributed by atoms with Gasteiger partial charge in [-0.3, -0.25) is 0 Å². The van der Waals surface area contributed by atoms with Gasteiger partial charge in [-0.05, 0) is 19.1 Å². The predicted octanol–water partition coefficient (Wildman–Crippen LogP) is 3.57. The first kappa shape index (κ1) is 16.1. The Labute approximate surface area is 125 Å². The Hall–Kier alpha value is -2.31. The van der Waals surface area contributed by atoms with Gasteiger partial charge in [-0.15, -0.1) is 0 Å². The number of likely N-dealkylation sites (N-methyl/N-ethyl adjacent to an activating group) is 1. The summed E-state index contributed by atoms with van der Waals surface area (Å²) in [5, 5.41) is 2.40. The van der Waals surface area contributed by atoms with Gasteiger partial charge in [0, 0.05) is 25.3 Å². The maximum absolute atomic E-state index is 13.5. The minimum absolute atomic E-state index is 0.0854. The van der Waals surface area contributed by atoms with Crippen molar-refractivity contribution in [1.29, 1.82) is 0 Å². The lowest BCUT2D eigenvalue weighted by molar-refractivity contribution is 0.410. The molecule has 22 heavy (non-hydrogen) atoms. The van der Waals surface area contributed by atoms with E-state index in [0.29, 0.717) is 0 Å². The van der Waals surface area contributed by atoms with E-state index in [1.54, 1.807) is 0 Å². The average molecular weight is 313 g/mol. The van der Waals surface area contributed by atoms with Gasteiger partial charge in [0.05, 0.1) is 0 Å². The number of pyridine rings is 1. The average Bonchev–Trinajstić information content (AvgIpc) is 2.53. The number of para-hydroxylation sites is 1. The van der Waals surface area contributed by atoms with Crippen LogP contribution in [0, 0.1) is 23.5 Å². The summed E-state index contributed by atoms with van der Waals surface area (Å²) in [6.45, 7) is 1.89. The Morgan fingerprint density at radius 1 is 1.05 bits per heavy atom. The first-order valence-corrected chi connectivity index (χ1v) is 6.63. The fourth-order valence-electron chi connectivity index (χ4n) is 1.95. The van der Waals surface area contributed by atoms with Crippen molar-refractivity contribution in [2.24, 2.45) is 0 Å². The molecule has 0 amide bonds. The molecule has 1 heterocycles. The van der Waals surface area contributed by atoms with E-state index < -0.39 is 29.2 Å². The molecule has 1 N–H and O–H groups in total. The molecule has 1 unspecified atom stereocenters. The monoisotopic (exact) mass is 313 g/mol. The molecule has 0 saturated heterocycles. The zero-order chi connectivity index (χ0) is 16.3. The second kappa shape index (κ2) is 6.64. The standard InChI is InChI=1S/C15H15F4N3/c1-9(22(2)10-6-4-3-5-7-10)8-20-13-11(16)14(18)21-15(19)12(13)17/h3-7,9H,8H2,1-2H3,(H,20,21). The molecule has 0 bridgehead atoms. The van der Waals surface area contributed by atoms with Crippen molar-refractivity contribution in [2.45, 2.75) is 13.0 Å². The number of benzene rings is 1. The van der Waals surface area contributed by atoms with E-state index in [4.69, 9.17) is 0 Å². The normalized spacial score (nSPS) is 12.1. The van der Waals surface area contributed by atoms with Gasteiger partial charge in [0.25, 0.3) is 11.9 Å². The summed E-state index contributed by atoms with van der Waals surface area (Å²) in [4.78, 5) is 4.38. The quantitative estimate of drug-likeness (QED) is 0.675. The largest absolute Gasteiger partial charge is 0.378 e. The third kappa shape index (κ3) is 3.29. The van der Waals surface area contributed by atoms with Gasteiger partial charge in [0.15, 0.2) is 0 Å². The van der Waals surface area contributed by atoms with Crippen LogP contribution < -0.4 is 10.2 Å². The zero-order valence-corrected chi connectivity index (χ0v) is 12.1. The molecule has 7 heteroatoms. The Balaban J connectivity index is 2.10. The van der Waals surface area contributed by atoms with Crippen molar-refractivity contribution < 1.29 is 17.6 Å². The van der Waals surface area contributed by atoms with Gasteiger partial charge in [0.1, 0.15) is 5.69 Å². The molecule has 2 rings (SSSR count). The zero-order valence-electron chi connectivity index (χ0n) is 12.1. The lowest BCUT2D eigenvalue weighted by Crippen LogP contribution is -2.35. The smallest absolute Gasteiger partial charge is 0.253 e. The van der Waals surface area contributed by atoms with Crippen LogP contribution in [0.1, 0.15) is 6.92 Å². The molecular formula is C15H15F4N3. The molecule has 0 spiro atoms. The van der Waals surface area contributed by atoms with Crippen molar-refractivity contribution in [3.8, 4) is 0 Å². The molecule has 118 valence electrons. The van der Waals surface area contributed by atoms with E-state index in [0.717, 1.165) is 5.69 Å². The van der Waals surface area contributed by atoms with E-state index in [9.17, 15) is 17.6 Å². The number of aromatic nitrogens is 1. The Kier molecular flexibility index (Phi) is 4.85. The number of rotatable bonds is 5. The van der Waals surface area contributed by atoms with Gasteiger partial charge in [-0.1, -0.05) is 18.2 Å². The fourth-order valence-corrected chi connectivity index (χ4v) is 1.95. The van der Waals surface area contributed by atoms with Gasteiger partial charge in [-0.25, -0.2) is 0 Å². The van der Waals surface area contributed by atoms with E-state index in [1.807, 2.05) is 49.2 Å². The van der Waals surface area contributed by atoms with Crippen LogP contribution in [0.2, 0.25) is 0 Å². The van der Waals surface area contributed by atoms with Crippen molar-refractivity contribution in [2.75, 3.05) is 23.8 Å². The third-order valence-electron chi connectivity index (χ3n) is 3.40. The highest BCUT2D eigenvalue weighted by Gasteiger charge is 2.21. The summed E-state index contributed by atoms with van der Waals surface area (Å²) in [6, 6.07) is 9.17. The molecule has 1 aromatic carbocycles. The summed E-state index contributed by atoms with van der Waals surface area (Å²) >= 11 is 0. The number of nitrogens with zero attached hydrogens (tertiary/aromatic N) is 2. The molecule has 1 aromatic heterocycles. The summed E-state index contributed by atoms with van der Waals surface area (Å²) in [5.41, 5.74) is 0.0585. The summed E-state index contributed by atoms with van der Waals surface area (Å²) in [6.07, 6.45) is 0. The Morgan fingerprint density at radius 3 is 2.14 bits per heavy atom. The lowest BCUT2D eigenvalue weighted by atomic mass is 10.2. The van der Waals surface area contributed by atoms with Crippen LogP contribution >= 0.6 is 0 Å². The third-order valence-corrected chi connectivity index (χ3v) is 3.40. The van der Waals surface area contributed by atoms with Gasteiger partial charge in [0.2, 0.25) is 11.6 Å². The number of nitrogens with one attached hydrogen (secondary N) is 1. The van der Waals surface area contributed by atoms with Crippen LogP contribution in [0.15, 0.2) is 30.3 Å². The molecule has 0 aliphatic heterocycles. The molecular weight excluding hydrogens is 298 g/mol. The Morgan fingerprint density at radius 2 is 1.59 bits per heavy atom. The summed E-state index contributed by atoms with van der Waals surface area (Å²) in [5.74, 6) is -6.42. The second-order valence-electron chi connectivity index (χ2n) is 4.87. The molecule has 0 fully saturated rings. The van der Waals surface area contributed by atoms with E-state index in [1.165, 1.54) is 0 Å². The van der Waals surface area contributed by atoms with Gasteiger partial charge < -0.3 is 10.2 Å². The van der Waals surface area contributed by atoms with Crippen molar-refractivity contribution in [3.63, 3.8) is 0 Å². The first-order chi connectivity index (χ1) is 10.4. The minimum Gasteiger partial charge on any atom is -0.378 e. The van der Waals surface area contributed by atoms with E-state index in [-0.39, 0.29) is 12.6 Å². The molecule has 0 radical (unpaired) electrons. The van der Waals surface area contributed by atoms with Crippen LogP contribution in [0.25, 0.3) is 0 Å². The first-order valence-electron chi connectivity index (χ1n) is 6.63. The number of hydrogen-bond acceptors (Lipinski definition) is 3. The second-order valence-corrected chi connectivity index (χ2v) is 4.87. The number of hydrogen-bond donors (Lipinski definition) is 1. The van der Waals surface area contributed by atoms with Gasteiger partial charge >= 0.3 is 0 Å². The highest BCUT2D eigenvalue weighted by Crippen LogP contribution is 2.22. The molecule has 1 atom stereocenters. The van der Waals surface area contributed by atoms with Gasteiger partial charge in [-0.2, -0.15) is 22.5 Å². The molecule has 2 aromatic rings. The van der Waals surface area contributed by atoms with Crippen molar-refractivity contribution >= 4 is 11.4 Å². The maximum Gasteiger partial charge on any atom is 0.253 e. The predicted molar refractivity (Wildman–Crippen MR) is 76.9 cm³/mol. The van der Waals surface area contributed by atoms with Crippen molar-refractivity contribution in [1.82, 2.24) is 4.98 Å². The Bertz CT molecular complexity index is 623. The van der Waals surface area contributed by atoms with Crippen LogP contribution in [0.5, 0.6) is 0 Å². The van der Waals surface area contributed by atoms with E-state index in [2.05, 4.69) is 10.3 Å². The van der Waals surface area contributed by atoms with Crippen LogP contribution in [-0.2, 0) is 0 Å². The molecule has 0 aliphatic rings. The van der Waals surface area contributed by atoms with Crippen LogP contribution in [-0.4, -0.2) is 24.6 Å². The topological polar surface area (TPSA) is 28.2 Å². The lowest BCUT2D eigenvalue weighted by Gasteiger charge is -2.27. The van der Waals surface area contributed by atoms with Crippen molar-refractivity contribution in [3.05, 3.63) is 53.9 Å². The number of halogens is 4. The highest BCUT2D eigenvalue weighted by molar-refractivity contribution is 5.48. The number of anilines is 2. The maximum atomic E-state index is 13.5. The van der Waals surface area contributed by atoms with Crippen LogP contribution in [0.3, 0.4) is 0 Å². The minimum atomic E-state index is -1.68. The van der Waals surface area contributed by atoms with Crippen LogP contribution in [0.4, 0.5) is 28.9 Å². The molecule has 0 aliphatic carbocycles. The summed E-state index contributed by atoms with van der Waals surface area (Å²) in [7, 11) is 1.81. The SMILES string of the molecule is CC(CNc1c(F)c(F)nc(F)c1F)N(C)c1ccccc1. The fraction of sp³-hybridized carbons (Fsp3) is 0.267. The molecule has 0 saturated carbocycles. The summed E-state index contributed by atoms with van der Waals surface area (Å²) < 4.78 is 53.0. The molecule has 3 nitrogen and oxygen atoms in total. The van der Waals surface area contributed by atoms with E-state index >= 15 is 0 Å². The highest BCUT2D eigenvalue weighted by atomic mass is 19.2.